The second kappa shape index (κ2) is 7.01. The van der Waals surface area contributed by atoms with Crippen molar-refractivity contribution in [1.82, 2.24) is 9.55 Å². The Hall–Kier alpha value is -3.62. The van der Waals surface area contributed by atoms with Crippen molar-refractivity contribution in [3.63, 3.8) is 0 Å². The number of nitrogen functional groups attached to an aromatic ring is 1. The molecule has 0 aliphatic carbocycles. The molecule has 0 saturated heterocycles. The molecule has 0 bridgehead atoms. The number of rotatable bonds is 5. The average molecular weight is 412 g/mol. The summed E-state index contributed by atoms with van der Waals surface area (Å²) in [4.78, 5) is 28.3. The van der Waals surface area contributed by atoms with E-state index in [2.05, 4.69) is 10.3 Å². The third kappa shape index (κ3) is 3.02. The molecule has 1 aliphatic rings. The molecule has 0 unspecified atom stereocenters. The van der Waals surface area contributed by atoms with E-state index in [1.54, 1.807) is 17.0 Å². The van der Waals surface area contributed by atoms with E-state index >= 15 is 4.39 Å². The molecule has 4 rings (SSSR count). The molecular weight excluding hydrogens is 391 g/mol. The Kier molecular flexibility index (Phi) is 4.60. The lowest BCUT2D eigenvalue weighted by Crippen LogP contribution is -2.39. The number of aromatic carboxylic acids is 1. The summed E-state index contributed by atoms with van der Waals surface area (Å²) in [6, 6.07) is 3.72. The second-order valence-corrected chi connectivity index (χ2v) is 7.84. The third-order valence-electron chi connectivity index (χ3n) is 5.29. The Bertz CT molecular complexity index is 1220. The number of nitrogens with zero attached hydrogens (tertiary/aromatic N) is 2. The third-order valence-corrected chi connectivity index (χ3v) is 5.29. The number of nitrogens with two attached hydrogens (primary N) is 1. The number of carboxylic acid groups (broad SMARTS) is 1. The lowest BCUT2D eigenvalue weighted by atomic mass is 9.98. The molecule has 4 N–H and O–H groups in total. The van der Waals surface area contributed by atoms with Gasteiger partial charge in [0.2, 0.25) is 5.43 Å². The van der Waals surface area contributed by atoms with Crippen LogP contribution < -0.4 is 21.2 Å². The van der Waals surface area contributed by atoms with Gasteiger partial charge >= 0.3 is 5.97 Å². The summed E-state index contributed by atoms with van der Waals surface area (Å²) in [7, 11) is 0. The first-order valence-corrected chi connectivity index (χ1v) is 9.42. The van der Waals surface area contributed by atoms with E-state index in [1.165, 1.54) is 6.20 Å². The number of anilines is 2. The number of carboxylic acids is 1. The molecule has 30 heavy (non-hydrogen) atoms. The van der Waals surface area contributed by atoms with Gasteiger partial charge in [0.25, 0.3) is 0 Å². The standard InChI is InChI=1S/C21H21FN4O4/c1-21(2)10-30-19-16(25-8-5-11-3-6-24-7-4-11)14(22)15(23)13-17(19)26(21)9-12(18(13)27)20(28)29/h3-4,6-7,9,25H,5,8,10,23H2,1-2H3,(H,28,29). The highest BCUT2D eigenvalue weighted by molar-refractivity contribution is 6.03. The molecular formula is C21H21FN4O4. The van der Waals surface area contributed by atoms with Crippen LogP contribution in [0, 0.1) is 5.82 Å². The highest BCUT2D eigenvalue weighted by atomic mass is 19.1. The molecule has 156 valence electrons. The van der Waals surface area contributed by atoms with Gasteiger partial charge in [-0.25, -0.2) is 9.18 Å². The largest absolute Gasteiger partial charge is 0.487 e. The SMILES string of the molecule is CC1(C)COc2c(NCCc3ccncc3)c(F)c(N)c3c(=O)c(C(=O)O)cn1c23. The second-order valence-electron chi connectivity index (χ2n) is 7.84. The maximum atomic E-state index is 15.2. The van der Waals surface area contributed by atoms with E-state index in [4.69, 9.17) is 10.5 Å². The molecule has 1 aliphatic heterocycles. The Morgan fingerprint density at radius 3 is 2.77 bits per heavy atom. The van der Waals surface area contributed by atoms with Crippen LogP contribution in [0.5, 0.6) is 5.75 Å². The summed E-state index contributed by atoms with van der Waals surface area (Å²) >= 11 is 0. The number of nitrogens with one attached hydrogen (secondary N) is 1. The first kappa shape index (κ1) is 19.7. The van der Waals surface area contributed by atoms with Crippen LogP contribution >= 0.6 is 0 Å². The predicted molar refractivity (Wildman–Crippen MR) is 111 cm³/mol. The van der Waals surface area contributed by atoms with E-state index in [-0.39, 0.29) is 28.9 Å². The van der Waals surface area contributed by atoms with Crippen molar-refractivity contribution < 1.29 is 19.0 Å². The highest BCUT2D eigenvalue weighted by Crippen LogP contribution is 2.44. The normalized spacial score (nSPS) is 14.4. The number of benzene rings is 1. The van der Waals surface area contributed by atoms with E-state index in [9.17, 15) is 14.7 Å². The van der Waals surface area contributed by atoms with Crippen molar-refractivity contribution in [3.8, 4) is 5.75 Å². The zero-order valence-corrected chi connectivity index (χ0v) is 16.5. The minimum absolute atomic E-state index is 0.0563. The van der Waals surface area contributed by atoms with Crippen LogP contribution in [0.25, 0.3) is 10.9 Å². The Morgan fingerprint density at radius 2 is 2.10 bits per heavy atom. The molecule has 0 spiro atoms. The quantitative estimate of drug-likeness (QED) is 0.551. The minimum Gasteiger partial charge on any atom is -0.487 e. The fraction of sp³-hybridized carbons (Fsp3) is 0.286. The van der Waals surface area contributed by atoms with Gasteiger partial charge in [-0.05, 0) is 38.0 Å². The van der Waals surface area contributed by atoms with Crippen molar-refractivity contribution in [3.05, 3.63) is 57.9 Å². The van der Waals surface area contributed by atoms with Crippen LogP contribution in [-0.4, -0.2) is 33.8 Å². The number of hydrogen-bond acceptors (Lipinski definition) is 6. The van der Waals surface area contributed by atoms with Crippen LogP contribution in [-0.2, 0) is 12.0 Å². The van der Waals surface area contributed by atoms with Gasteiger partial charge in [-0.3, -0.25) is 9.78 Å². The minimum atomic E-state index is -1.39. The monoisotopic (exact) mass is 412 g/mol. The van der Waals surface area contributed by atoms with E-state index in [1.807, 2.05) is 26.0 Å². The van der Waals surface area contributed by atoms with Gasteiger partial charge in [0, 0.05) is 25.1 Å². The molecule has 0 amide bonds. The van der Waals surface area contributed by atoms with Gasteiger partial charge in [-0.15, -0.1) is 0 Å². The van der Waals surface area contributed by atoms with Gasteiger partial charge in [-0.2, -0.15) is 0 Å². The van der Waals surface area contributed by atoms with E-state index in [0.717, 1.165) is 5.56 Å². The van der Waals surface area contributed by atoms with Crippen LogP contribution in [0.15, 0.2) is 35.5 Å². The molecule has 0 fully saturated rings. The van der Waals surface area contributed by atoms with Crippen LogP contribution in [0.1, 0.15) is 29.8 Å². The Labute approximate surface area is 171 Å². The number of aromatic nitrogens is 2. The maximum Gasteiger partial charge on any atom is 0.341 e. The summed E-state index contributed by atoms with van der Waals surface area (Å²) in [6.07, 6.45) is 5.24. The van der Waals surface area contributed by atoms with Crippen molar-refractivity contribution in [2.24, 2.45) is 0 Å². The Balaban J connectivity index is 1.89. The fourth-order valence-corrected chi connectivity index (χ4v) is 3.68. The van der Waals surface area contributed by atoms with Crippen molar-refractivity contribution in [2.75, 3.05) is 24.2 Å². The zero-order chi connectivity index (χ0) is 21.6. The summed E-state index contributed by atoms with van der Waals surface area (Å²) < 4.78 is 22.7. The highest BCUT2D eigenvalue weighted by Gasteiger charge is 2.35. The zero-order valence-electron chi connectivity index (χ0n) is 16.5. The molecule has 1 aromatic carbocycles. The number of halogens is 1. The molecule has 0 atom stereocenters. The first-order chi connectivity index (χ1) is 14.2. The van der Waals surface area contributed by atoms with Crippen LogP contribution in [0.4, 0.5) is 15.8 Å². The molecule has 0 saturated carbocycles. The lowest BCUT2D eigenvalue weighted by Gasteiger charge is -2.36. The van der Waals surface area contributed by atoms with Crippen molar-refractivity contribution >= 4 is 28.2 Å². The molecule has 3 heterocycles. The smallest absolute Gasteiger partial charge is 0.341 e. The topological polar surface area (TPSA) is 119 Å². The summed E-state index contributed by atoms with van der Waals surface area (Å²) in [5.41, 5.74) is 4.98. The number of pyridine rings is 2. The Morgan fingerprint density at radius 1 is 1.40 bits per heavy atom. The molecule has 3 aromatic rings. The molecule has 2 aromatic heterocycles. The number of ether oxygens (including phenoxy) is 1. The van der Waals surface area contributed by atoms with Crippen molar-refractivity contribution in [2.45, 2.75) is 25.8 Å². The van der Waals surface area contributed by atoms with Gasteiger partial charge in [0.15, 0.2) is 11.6 Å². The molecule has 0 radical (unpaired) electrons. The average Bonchev–Trinajstić information content (AvgIpc) is 2.70. The van der Waals surface area contributed by atoms with E-state index in [0.29, 0.717) is 13.0 Å². The fourth-order valence-electron chi connectivity index (χ4n) is 3.68. The number of carbonyl (C=O) groups is 1. The van der Waals surface area contributed by atoms with Gasteiger partial charge in [0.05, 0.1) is 22.1 Å². The maximum absolute atomic E-state index is 15.2. The lowest BCUT2D eigenvalue weighted by molar-refractivity contribution is 0.0693. The van der Waals surface area contributed by atoms with Crippen LogP contribution in [0.3, 0.4) is 0 Å². The van der Waals surface area contributed by atoms with Gasteiger partial charge in [-0.1, -0.05) is 0 Å². The summed E-state index contributed by atoms with van der Waals surface area (Å²) in [6.45, 7) is 4.23. The van der Waals surface area contributed by atoms with Crippen LogP contribution in [0.2, 0.25) is 0 Å². The van der Waals surface area contributed by atoms with Crippen molar-refractivity contribution in [1.29, 1.82) is 0 Å². The van der Waals surface area contributed by atoms with Gasteiger partial charge < -0.3 is 25.5 Å². The predicted octanol–water partition coefficient (Wildman–Crippen LogP) is 2.60. The molecule has 8 nitrogen and oxygen atoms in total. The summed E-state index contributed by atoms with van der Waals surface area (Å²) in [5.74, 6) is -2.08. The van der Waals surface area contributed by atoms with E-state index < -0.39 is 34.0 Å². The first-order valence-electron chi connectivity index (χ1n) is 9.42. The molecule has 9 heteroatoms. The summed E-state index contributed by atoms with van der Waals surface area (Å²) in [5, 5.41) is 12.3. The number of hydrogen-bond donors (Lipinski definition) is 3. The van der Waals surface area contributed by atoms with Gasteiger partial charge in [0.1, 0.15) is 17.9 Å².